The van der Waals surface area contributed by atoms with Crippen LogP contribution in [0.1, 0.15) is 45.9 Å². The van der Waals surface area contributed by atoms with Crippen molar-refractivity contribution >= 4 is 17.7 Å². The summed E-state index contributed by atoms with van der Waals surface area (Å²) in [6.45, 7) is 9.29. The van der Waals surface area contributed by atoms with E-state index in [4.69, 9.17) is 4.74 Å². The normalized spacial score (nSPS) is 17.6. The van der Waals surface area contributed by atoms with Gasteiger partial charge in [0.1, 0.15) is 5.82 Å². The Hall–Kier alpha value is -1.08. The summed E-state index contributed by atoms with van der Waals surface area (Å²) >= 11 is 1.49. The highest BCUT2D eigenvalue weighted by Crippen LogP contribution is 2.22. The second-order valence-corrected chi connectivity index (χ2v) is 6.69. The van der Waals surface area contributed by atoms with Crippen molar-refractivity contribution < 1.29 is 9.53 Å². The number of carbonyl (C=O) groups excluding carboxylic acids is 1. The van der Waals surface area contributed by atoms with Gasteiger partial charge in [0.2, 0.25) is 5.91 Å². The van der Waals surface area contributed by atoms with Crippen LogP contribution in [0.2, 0.25) is 0 Å². The molecule has 1 aromatic heterocycles. The fourth-order valence-electron chi connectivity index (χ4n) is 2.80. The van der Waals surface area contributed by atoms with Crippen molar-refractivity contribution in [1.29, 1.82) is 0 Å². The molecule has 6 nitrogen and oxygen atoms in total. The number of amides is 1. The van der Waals surface area contributed by atoms with Gasteiger partial charge >= 0.3 is 0 Å². The molecular weight excluding hydrogens is 312 g/mol. The van der Waals surface area contributed by atoms with Crippen LogP contribution in [-0.2, 0) is 22.5 Å². The van der Waals surface area contributed by atoms with E-state index in [1.807, 2.05) is 18.7 Å². The first-order valence-electron chi connectivity index (χ1n) is 8.63. The monoisotopic (exact) mass is 340 g/mol. The van der Waals surface area contributed by atoms with E-state index in [9.17, 15) is 4.79 Å². The predicted molar refractivity (Wildman–Crippen MR) is 91.6 cm³/mol. The molecule has 130 valence electrons. The highest BCUT2D eigenvalue weighted by Gasteiger charge is 2.21. The van der Waals surface area contributed by atoms with Gasteiger partial charge in [-0.05, 0) is 33.1 Å². The zero-order chi connectivity index (χ0) is 16.7. The second kappa shape index (κ2) is 9.27. The molecule has 1 aromatic rings. The van der Waals surface area contributed by atoms with Crippen molar-refractivity contribution in [2.24, 2.45) is 0 Å². The van der Waals surface area contributed by atoms with Gasteiger partial charge in [0.15, 0.2) is 5.16 Å². The Morgan fingerprint density at radius 1 is 1.35 bits per heavy atom. The number of nitrogens with zero attached hydrogens (tertiary/aromatic N) is 4. The third kappa shape index (κ3) is 4.94. The average Bonchev–Trinajstić information content (AvgIpc) is 3.19. The third-order valence-electron chi connectivity index (χ3n) is 4.12. The molecule has 7 heteroatoms. The van der Waals surface area contributed by atoms with Crippen LogP contribution >= 0.6 is 11.8 Å². The Balaban J connectivity index is 2.03. The standard InChI is InChI=1S/C16H28N4O2S/c1-4-8-14-17-18-16(20(14)11-13-9-7-10-22-13)23-12-15(21)19(5-2)6-3/h13H,4-12H2,1-3H3/t13-/m1/s1. The first-order valence-corrected chi connectivity index (χ1v) is 9.62. The minimum atomic E-state index is 0.156. The Morgan fingerprint density at radius 2 is 2.13 bits per heavy atom. The fourth-order valence-corrected chi connectivity index (χ4v) is 3.67. The van der Waals surface area contributed by atoms with Gasteiger partial charge in [0.25, 0.3) is 0 Å². The summed E-state index contributed by atoms with van der Waals surface area (Å²) in [5.74, 6) is 1.57. The molecule has 0 saturated carbocycles. The maximum atomic E-state index is 12.2. The third-order valence-corrected chi connectivity index (χ3v) is 5.07. The molecule has 1 aliphatic rings. The van der Waals surface area contributed by atoms with Crippen molar-refractivity contribution in [1.82, 2.24) is 19.7 Å². The molecule has 1 fully saturated rings. The van der Waals surface area contributed by atoms with E-state index in [2.05, 4.69) is 21.7 Å². The van der Waals surface area contributed by atoms with E-state index < -0.39 is 0 Å². The van der Waals surface area contributed by atoms with Crippen molar-refractivity contribution in [2.45, 2.75) is 64.3 Å². The van der Waals surface area contributed by atoms with Crippen molar-refractivity contribution in [3.63, 3.8) is 0 Å². The van der Waals surface area contributed by atoms with E-state index in [0.29, 0.717) is 5.75 Å². The van der Waals surface area contributed by atoms with Crippen LogP contribution < -0.4 is 0 Å². The molecule has 1 saturated heterocycles. The number of rotatable bonds is 9. The molecule has 2 heterocycles. The first-order chi connectivity index (χ1) is 11.2. The molecule has 0 radical (unpaired) electrons. The number of carbonyl (C=O) groups is 1. The molecule has 0 unspecified atom stereocenters. The minimum absolute atomic E-state index is 0.156. The fraction of sp³-hybridized carbons (Fsp3) is 0.812. The van der Waals surface area contributed by atoms with Gasteiger partial charge in [-0.1, -0.05) is 18.7 Å². The maximum absolute atomic E-state index is 12.2. The van der Waals surface area contributed by atoms with Gasteiger partial charge in [0.05, 0.1) is 18.4 Å². The van der Waals surface area contributed by atoms with Gasteiger partial charge in [-0.2, -0.15) is 0 Å². The zero-order valence-electron chi connectivity index (χ0n) is 14.5. The van der Waals surface area contributed by atoms with Crippen LogP contribution in [0.3, 0.4) is 0 Å². The lowest BCUT2D eigenvalue weighted by atomic mass is 10.2. The SMILES string of the molecule is CCCc1nnc(SCC(=O)N(CC)CC)n1C[C@H]1CCCO1. The van der Waals surface area contributed by atoms with Crippen molar-refractivity contribution in [2.75, 3.05) is 25.4 Å². The second-order valence-electron chi connectivity index (χ2n) is 5.75. The Labute approximate surface area is 143 Å². The molecule has 1 amide bonds. The Kier molecular flexibility index (Phi) is 7.36. The molecular formula is C16H28N4O2S. The summed E-state index contributed by atoms with van der Waals surface area (Å²) in [5, 5.41) is 9.47. The smallest absolute Gasteiger partial charge is 0.233 e. The predicted octanol–water partition coefficient (Wildman–Crippen LogP) is 2.37. The quantitative estimate of drug-likeness (QED) is 0.646. The molecule has 0 aliphatic carbocycles. The summed E-state index contributed by atoms with van der Waals surface area (Å²) < 4.78 is 7.90. The van der Waals surface area contributed by atoms with E-state index in [0.717, 1.165) is 62.9 Å². The van der Waals surface area contributed by atoms with Gasteiger partial charge in [0, 0.05) is 26.1 Å². The van der Waals surface area contributed by atoms with Crippen molar-refractivity contribution in [3.05, 3.63) is 5.82 Å². The van der Waals surface area contributed by atoms with Crippen LogP contribution in [0, 0.1) is 0 Å². The van der Waals surface area contributed by atoms with Crippen LogP contribution in [0.5, 0.6) is 0 Å². The van der Waals surface area contributed by atoms with Crippen LogP contribution in [-0.4, -0.2) is 57.1 Å². The molecule has 23 heavy (non-hydrogen) atoms. The van der Waals surface area contributed by atoms with E-state index in [1.165, 1.54) is 11.8 Å². The number of thioether (sulfide) groups is 1. The summed E-state index contributed by atoms with van der Waals surface area (Å²) in [6, 6.07) is 0. The highest BCUT2D eigenvalue weighted by molar-refractivity contribution is 7.99. The van der Waals surface area contributed by atoms with E-state index in [1.54, 1.807) is 0 Å². The van der Waals surface area contributed by atoms with E-state index >= 15 is 0 Å². The highest BCUT2D eigenvalue weighted by atomic mass is 32.2. The lowest BCUT2D eigenvalue weighted by Crippen LogP contribution is -2.32. The molecule has 0 bridgehead atoms. The summed E-state index contributed by atoms with van der Waals surface area (Å²) in [5.41, 5.74) is 0. The van der Waals surface area contributed by atoms with Crippen LogP contribution in [0.25, 0.3) is 0 Å². The number of ether oxygens (including phenoxy) is 1. The molecule has 2 rings (SSSR count). The molecule has 0 N–H and O–H groups in total. The Morgan fingerprint density at radius 3 is 2.74 bits per heavy atom. The van der Waals surface area contributed by atoms with Crippen LogP contribution in [0.15, 0.2) is 5.16 Å². The minimum Gasteiger partial charge on any atom is -0.376 e. The number of hydrogen-bond donors (Lipinski definition) is 0. The zero-order valence-corrected chi connectivity index (χ0v) is 15.3. The Bertz CT molecular complexity index is 496. The summed E-state index contributed by atoms with van der Waals surface area (Å²) in [7, 11) is 0. The molecule has 0 spiro atoms. The molecule has 1 atom stereocenters. The number of aromatic nitrogens is 3. The van der Waals surface area contributed by atoms with Gasteiger partial charge in [-0.25, -0.2) is 0 Å². The summed E-state index contributed by atoms with van der Waals surface area (Å²) in [4.78, 5) is 14.0. The number of hydrogen-bond acceptors (Lipinski definition) is 5. The molecule has 1 aliphatic heterocycles. The van der Waals surface area contributed by atoms with Gasteiger partial charge < -0.3 is 14.2 Å². The molecule has 0 aromatic carbocycles. The number of aryl methyl sites for hydroxylation is 1. The van der Waals surface area contributed by atoms with Crippen molar-refractivity contribution in [3.8, 4) is 0 Å². The lowest BCUT2D eigenvalue weighted by Gasteiger charge is -2.18. The van der Waals surface area contributed by atoms with Crippen LogP contribution in [0.4, 0.5) is 0 Å². The van der Waals surface area contributed by atoms with Gasteiger partial charge in [-0.3, -0.25) is 4.79 Å². The average molecular weight is 340 g/mol. The first kappa shape index (κ1) is 18.3. The maximum Gasteiger partial charge on any atom is 0.233 e. The topological polar surface area (TPSA) is 60.2 Å². The van der Waals surface area contributed by atoms with Gasteiger partial charge in [-0.15, -0.1) is 10.2 Å². The lowest BCUT2D eigenvalue weighted by molar-refractivity contribution is -0.127. The largest absolute Gasteiger partial charge is 0.376 e. The van der Waals surface area contributed by atoms with E-state index in [-0.39, 0.29) is 12.0 Å². The summed E-state index contributed by atoms with van der Waals surface area (Å²) in [6.07, 6.45) is 4.40.